The van der Waals surface area contributed by atoms with Gasteiger partial charge in [0.15, 0.2) is 0 Å². The first-order valence-electron chi connectivity index (χ1n) is 9.83. The normalized spacial score (nSPS) is 20.8. The Morgan fingerprint density at radius 2 is 1.79 bits per heavy atom. The molecule has 2 aromatic rings. The molecule has 150 valence electrons. The molecule has 1 fully saturated rings. The van der Waals surface area contributed by atoms with Crippen LogP contribution in [0.3, 0.4) is 0 Å². The van der Waals surface area contributed by atoms with Crippen LogP contribution in [-0.4, -0.2) is 33.8 Å². The molecule has 0 aliphatic carbocycles. The van der Waals surface area contributed by atoms with E-state index in [-0.39, 0.29) is 18.2 Å². The number of carbonyl (C=O) groups excluding carboxylic acids is 1. The maximum atomic E-state index is 13.0. The molecule has 3 atom stereocenters. The maximum absolute atomic E-state index is 13.0. The van der Waals surface area contributed by atoms with Gasteiger partial charge in [0.2, 0.25) is 0 Å². The maximum Gasteiger partial charge on any atom is 0.410 e. The number of anilines is 1. The van der Waals surface area contributed by atoms with E-state index in [4.69, 9.17) is 10.5 Å². The second-order valence-corrected chi connectivity index (χ2v) is 8.49. The largest absolute Gasteiger partial charge is 0.444 e. The molecule has 1 aliphatic heterocycles. The third-order valence-electron chi connectivity index (χ3n) is 5.11. The molecule has 2 aromatic carbocycles. The van der Waals surface area contributed by atoms with Crippen LogP contribution in [0.4, 0.5) is 10.5 Å². The third-order valence-corrected chi connectivity index (χ3v) is 5.11. The SMILES string of the molecule is CC(C)(C)OC(=O)N1C(Cc2ccc(N)cc2)CCC1[C@H](O)c1ccccc1. The number of hydrogen-bond donors (Lipinski definition) is 2. The second kappa shape index (κ2) is 8.23. The molecule has 28 heavy (non-hydrogen) atoms. The molecule has 1 aliphatic rings. The zero-order chi connectivity index (χ0) is 20.3. The van der Waals surface area contributed by atoms with Gasteiger partial charge in [-0.15, -0.1) is 0 Å². The summed E-state index contributed by atoms with van der Waals surface area (Å²) in [6.45, 7) is 5.58. The number of nitrogens with zero attached hydrogens (tertiary/aromatic N) is 1. The first kappa shape index (κ1) is 20.2. The molecule has 0 radical (unpaired) electrons. The molecule has 3 N–H and O–H groups in total. The highest BCUT2D eigenvalue weighted by Gasteiger charge is 2.42. The van der Waals surface area contributed by atoms with Crippen molar-refractivity contribution in [3.8, 4) is 0 Å². The number of ether oxygens (including phenoxy) is 1. The van der Waals surface area contributed by atoms with E-state index in [9.17, 15) is 9.90 Å². The van der Waals surface area contributed by atoms with E-state index in [1.54, 1.807) is 4.90 Å². The van der Waals surface area contributed by atoms with Crippen molar-refractivity contribution in [2.75, 3.05) is 5.73 Å². The lowest BCUT2D eigenvalue weighted by atomic mass is 10.0. The van der Waals surface area contributed by atoms with Crippen molar-refractivity contribution < 1.29 is 14.6 Å². The summed E-state index contributed by atoms with van der Waals surface area (Å²) >= 11 is 0. The molecule has 1 heterocycles. The minimum atomic E-state index is -0.745. The van der Waals surface area contributed by atoms with Crippen molar-refractivity contribution in [1.82, 2.24) is 4.90 Å². The van der Waals surface area contributed by atoms with E-state index < -0.39 is 11.7 Å². The molecule has 0 saturated carbocycles. The monoisotopic (exact) mass is 382 g/mol. The van der Waals surface area contributed by atoms with Crippen molar-refractivity contribution in [2.24, 2.45) is 0 Å². The number of nitrogen functional groups attached to an aromatic ring is 1. The number of nitrogens with two attached hydrogens (primary N) is 1. The van der Waals surface area contributed by atoms with E-state index in [0.717, 1.165) is 29.7 Å². The van der Waals surface area contributed by atoms with Gasteiger partial charge in [-0.3, -0.25) is 4.90 Å². The van der Waals surface area contributed by atoms with Gasteiger partial charge in [0.1, 0.15) is 5.60 Å². The van der Waals surface area contributed by atoms with Gasteiger partial charge in [-0.1, -0.05) is 42.5 Å². The van der Waals surface area contributed by atoms with Gasteiger partial charge < -0.3 is 15.6 Å². The molecule has 1 saturated heterocycles. The number of hydrogen-bond acceptors (Lipinski definition) is 4. The fourth-order valence-electron chi connectivity index (χ4n) is 3.82. The minimum absolute atomic E-state index is 0.0261. The Labute approximate surface area is 167 Å². The van der Waals surface area contributed by atoms with Crippen LogP contribution in [0.5, 0.6) is 0 Å². The van der Waals surface area contributed by atoms with E-state index in [1.807, 2.05) is 75.4 Å². The highest BCUT2D eigenvalue weighted by molar-refractivity contribution is 5.69. The van der Waals surface area contributed by atoms with Crippen molar-refractivity contribution in [3.63, 3.8) is 0 Å². The van der Waals surface area contributed by atoms with E-state index in [2.05, 4.69) is 0 Å². The van der Waals surface area contributed by atoms with Gasteiger partial charge in [-0.2, -0.15) is 0 Å². The summed E-state index contributed by atoms with van der Waals surface area (Å²) in [5.41, 5.74) is 7.85. The van der Waals surface area contributed by atoms with Crippen molar-refractivity contribution in [2.45, 2.75) is 63.8 Å². The minimum Gasteiger partial charge on any atom is -0.444 e. The fraction of sp³-hybridized carbons (Fsp3) is 0.435. The standard InChI is InChI=1S/C23H30N2O3/c1-23(2,3)28-22(27)25-19(15-16-9-11-18(24)12-10-16)13-14-20(25)21(26)17-7-5-4-6-8-17/h4-12,19-21,26H,13-15,24H2,1-3H3/t19?,20?,21-/m1/s1. The van der Waals surface area contributed by atoms with Gasteiger partial charge in [-0.25, -0.2) is 4.79 Å². The van der Waals surface area contributed by atoms with Crippen LogP contribution in [0, 0.1) is 0 Å². The van der Waals surface area contributed by atoms with Crippen molar-refractivity contribution >= 4 is 11.8 Å². The number of aliphatic hydroxyl groups excluding tert-OH is 1. The number of benzene rings is 2. The van der Waals surface area contributed by atoms with Crippen LogP contribution in [0.25, 0.3) is 0 Å². The van der Waals surface area contributed by atoms with Crippen LogP contribution in [0.2, 0.25) is 0 Å². The van der Waals surface area contributed by atoms with E-state index in [0.29, 0.717) is 6.42 Å². The Morgan fingerprint density at radius 1 is 1.14 bits per heavy atom. The first-order valence-corrected chi connectivity index (χ1v) is 9.83. The van der Waals surface area contributed by atoms with Gasteiger partial charge in [-0.05, 0) is 63.3 Å². The Bertz CT molecular complexity index is 784. The molecule has 5 heteroatoms. The zero-order valence-corrected chi connectivity index (χ0v) is 16.8. The van der Waals surface area contributed by atoms with Crippen LogP contribution >= 0.6 is 0 Å². The van der Waals surface area contributed by atoms with Gasteiger partial charge in [0, 0.05) is 11.7 Å². The molecule has 0 spiro atoms. The number of likely N-dealkylation sites (tertiary alicyclic amines) is 1. The Kier molecular flexibility index (Phi) is 5.94. The third kappa shape index (κ3) is 4.84. The number of aliphatic hydroxyl groups is 1. The van der Waals surface area contributed by atoms with Gasteiger partial charge in [0.25, 0.3) is 0 Å². The average Bonchev–Trinajstić information content (AvgIpc) is 3.06. The molecule has 0 bridgehead atoms. The Hall–Kier alpha value is -2.53. The summed E-state index contributed by atoms with van der Waals surface area (Å²) in [5, 5.41) is 11.0. The summed E-state index contributed by atoms with van der Waals surface area (Å²) < 4.78 is 5.68. The highest BCUT2D eigenvalue weighted by atomic mass is 16.6. The van der Waals surface area contributed by atoms with Gasteiger partial charge in [0.05, 0.1) is 12.1 Å². The average molecular weight is 383 g/mol. The molecule has 2 unspecified atom stereocenters. The van der Waals surface area contributed by atoms with Crippen LogP contribution in [0.1, 0.15) is 50.8 Å². The van der Waals surface area contributed by atoms with Gasteiger partial charge >= 0.3 is 6.09 Å². The predicted octanol–water partition coefficient (Wildman–Crippen LogP) is 4.31. The number of amides is 1. The summed E-state index contributed by atoms with van der Waals surface area (Å²) in [6, 6.07) is 16.9. The topological polar surface area (TPSA) is 75.8 Å². The number of carbonyl (C=O) groups is 1. The lowest BCUT2D eigenvalue weighted by Crippen LogP contribution is -2.47. The second-order valence-electron chi connectivity index (χ2n) is 8.49. The van der Waals surface area contributed by atoms with Crippen LogP contribution < -0.4 is 5.73 Å². The van der Waals surface area contributed by atoms with Crippen molar-refractivity contribution in [1.29, 1.82) is 0 Å². The van der Waals surface area contributed by atoms with E-state index in [1.165, 1.54) is 0 Å². The summed E-state index contributed by atoms with van der Waals surface area (Å²) in [6.07, 6.45) is 1.14. The lowest BCUT2D eigenvalue weighted by molar-refractivity contribution is -0.00453. The molecule has 3 rings (SSSR count). The summed E-state index contributed by atoms with van der Waals surface area (Å²) in [7, 11) is 0. The van der Waals surface area contributed by atoms with E-state index >= 15 is 0 Å². The Morgan fingerprint density at radius 3 is 2.39 bits per heavy atom. The number of rotatable bonds is 4. The molecule has 5 nitrogen and oxygen atoms in total. The molecular formula is C23H30N2O3. The smallest absolute Gasteiger partial charge is 0.410 e. The fourth-order valence-corrected chi connectivity index (χ4v) is 3.82. The molecular weight excluding hydrogens is 352 g/mol. The molecule has 1 amide bonds. The predicted molar refractivity (Wildman–Crippen MR) is 111 cm³/mol. The zero-order valence-electron chi connectivity index (χ0n) is 16.8. The highest BCUT2D eigenvalue weighted by Crippen LogP contribution is 2.35. The molecule has 0 aromatic heterocycles. The lowest BCUT2D eigenvalue weighted by Gasteiger charge is -2.35. The van der Waals surface area contributed by atoms with Crippen LogP contribution in [0.15, 0.2) is 54.6 Å². The summed E-state index contributed by atoms with van der Waals surface area (Å²) in [5.74, 6) is 0. The Balaban J connectivity index is 1.84. The van der Waals surface area contributed by atoms with Crippen molar-refractivity contribution in [3.05, 3.63) is 65.7 Å². The summed E-state index contributed by atoms with van der Waals surface area (Å²) in [4.78, 5) is 14.8. The quantitative estimate of drug-likeness (QED) is 0.773. The van der Waals surface area contributed by atoms with Crippen LogP contribution in [-0.2, 0) is 11.2 Å². The first-order chi connectivity index (χ1) is 13.2.